The summed E-state index contributed by atoms with van der Waals surface area (Å²) in [6.45, 7) is 4.30. The first kappa shape index (κ1) is 19.4. The first-order chi connectivity index (χ1) is 13.5. The molecule has 2 amide bonds. The normalized spacial score (nSPS) is 10.5. The molecule has 0 saturated carbocycles. The van der Waals surface area contributed by atoms with Crippen molar-refractivity contribution < 1.29 is 14.3 Å². The highest BCUT2D eigenvalue weighted by molar-refractivity contribution is 5.99. The van der Waals surface area contributed by atoms with E-state index in [0.717, 1.165) is 22.6 Å². The molecule has 6 heteroatoms. The highest BCUT2D eigenvalue weighted by Crippen LogP contribution is 2.20. The van der Waals surface area contributed by atoms with Crippen LogP contribution in [0.15, 0.2) is 60.7 Å². The van der Waals surface area contributed by atoms with E-state index in [0.29, 0.717) is 17.7 Å². The van der Waals surface area contributed by atoms with Crippen molar-refractivity contribution in [2.24, 2.45) is 0 Å². The Kier molecular flexibility index (Phi) is 5.91. The van der Waals surface area contributed by atoms with Gasteiger partial charge in [0, 0.05) is 29.7 Å². The zero-order valence-electron chi connectivity index (χ0n) is 16.2. The Morgan fingerprint density at radius 1 is 0.929 bits per heavy atom. The average molecular weight is 377 g/mol. The van der Waals surface area contributed by atoms with Gasteiger partial charge < -0.3 is 9.30 Å². The number of aryl methyl sites for hydroxylation is 1. The molecule has 144 valence electrons. The van der Waals surface area contributed by atoms with Crippen molar-refractivity contribution in [1.82, 2.24) is 15.4 Å². The van der Waals surface area contributed by atoms with E-state index in [9.17, 15) is 9.59 Å². The third-order valence-corrected chi connectivity index (χ3v) is 4.51. The summed E-state index contributed by atoms with van der Waals surface area (Å²) in [6.07, 6.45) is 0. The van der Waals surface area contributed by atoms with E-state index in [1.54, 1.807) is 19.2 Å². The topological polar surface area (TPSA) is 72.4 Å². The number of ether oxygens (including phenoxy) is 1. The van der Waals surface area contributed by atoms with Crippen LogP contribution in [0.25, 0.3) is 5.69 Å². The summed E-state index contributed by atoms with van der Waals surface area (Å²) >= 11 is 0. The molecule has 1 heterocycles. The highest BCUT2D eigenvalue weighted by atomic mass is 16.5. The highest BCUT2D eigenvalue weighted by Gasteiger charge is 2.17. The standard InChI is InChI=1S/C22H23N3O3/c1-15-13-20(16(2)25(15)19-7-5-4-6-8-19)22(27)24-23-21(26)18-11-9-17(10-12-18)14-28-3/h4-13H,14H2,1-3H3,(H,23,26)(H,24,27). The third kappa shape index (κ3) is 4.13. The van der Waals surface area contributed by atoms with Gasteiger partial charge in [-0.3, -0.25) is 20.4 Å². The number of carbonyl (C=O) groups is 2. The van der Waals surface area contributed by atoms with Crippen LogP contribution in [0, 0.1) is 13.8 Å². The molecule has 0 bridgehead atoms. The van der Waals surface area contributed by atoms with Gasteiger partial charge in [-0.2, -0.15) is 0 Å². The Balaban J connectivity index is 1.69. The number of para-hydroxylation sites is 1. The summed E-state index contributed by atoms with van der Waals surface area (Å²) in [5.41, 5.74) is 9.62. The van der Waals surface area contributed by atoms with Gasteiger partial charge in [0.05, 0.1) is 12.2 Å². The van der Waals surface area contributed by atoms with Gasteiger partial charge in [-0.05, 0) is 49.7 Å². The van der Waals surface area contributed by atoms with E-state index >= 15 is 0 Å². The fraction of sp³-hybridized carbons (Fsp3) is 0.182. The van der Waals surface area contributed by atoms with Gasteiger partial charge in [-0.1, -0.05) is 30.3 Å². The van der Waals surface area contributed by atoms with Crippen molar-refractivity contribution in [2.45, 2.75) is 20.5 Å². The minimum atomic E-state index is -0.380. The zero-order chi connectivity index (χ0) is 20.1. The fourth-order valence-electron chi connectivity index (χ4n) is 3.14. The van der Waals surface area contributed by atoms with Gasteiger partial charge >= 0.3 is 0 Å². The summed E-state index contributed by atoms with van der Waals surface area (Å²) in [5, 5.41) is 0. The number of rotatable bonds is 5. The summed E-state index contributed by atoms with van der Waals surface area (Å²) in [4.78, 5) is 24.8. The van der Waals surface area contributed by atoms with Crippen LogP contribution < -0.4 is 10.9 Å². The lowest BCUT2D eigenvalue weighted by Crippen LogP contribution is -2.41. The van der Waals surface area contributed by atoms with Crippen LogP contribution in [-0.2, 0) is 11.3 Å². The molecule has 6 nitrogen and oxygen atoms in total. The summed E-state index contributed by atoms with van der Waals surface area (Å²) in [6, 6.07) is 18.6. The number of aromatic nitrogens is 1. The molecule has 3 aromatic rings. The Morgan fingerprint density at radius 3 is 2.21 bits per heavy atom. The number of hydrazine groups is 1. The van der Waals surface area contributed by atoms with Gasteiger partial charge in [0.25, 0.3) is 11.8 Å². The molecule has 0 aliphatic carbocycles. The van der Waals surface area contributed by atoms with Crippen molar-refractivity contribution >= 4 is 11.8 Å². The number of hydrogen-bond acceptors (Lipinski definition) is 3. The van der Waals surface area contributed by atoms with E-state index in [1.165, 1.54) is 0 Å². The Hall–Kier alpha value is -3.38. The second kappa shape index (κ2) is 8.54. The van der Waals surface area contributed by atoms with Gasteiger partial charge in [0.15, 0.2) is 0 Å². The maximum atomic E-state index is 12.6. The molecule has 0 fully saturated rings. The molecular weight excluding hydrogens is 354 g/mol. The molecule has 0 radical (unpaired) electrons. The summed E-state index contributed by atoms with van der Waals surface area (Å²) < 4.78 is 7.06. The second-order valence-electron chi connectivity index (χ2n) is 6.49. The predicted octanol–water partition coefficient (Wildman–Crippen LogP) is 3.32. The average Bonchev–Trinajstić information content (AvgIpc) is 3.01. The van der Waals surface area contributed by atoms with Crippen molar-refractivity contribution in [3.8, 4) is 5.69 Å². The molecule has 0 atom stereocenters. The van der Waals surface area contributed by atoms with Crippen molar-refractivity contribution in [1.29, 1.82) is 0 Å². The lowest BCUT2D eigenvalue weighted by molar-refractivity contribution is 0.0846. The summed E-state index contributed by atoms with van der Waals surface area (Å²) in [7, 11) is 1.62. The first-order valence-electron chi connectivity index (χ1n) is 8.94. The van der Waals surface area contributed by atoms with Gasteiger partial charge in [-0.25, -0.2) is 0 Å². The Bertz CT molecular complexity index is 976. The zero-order valence-corrected chi connectivity index (χ0v) is 16.2. The van der Waals surface area contributed by atoms with Crippen LogP contribution in [0.1, 0.15) is 37.7 Å². The quantitative estimate of drug-likeness (QED) is 0.670. The molecule has 0 unspecified atom stereocenters. The number of nitrogens with one attached hydrogen (secondary N) is 2. The van der Waals surface area contributed by atoms with Crippen molar-refractivity contribution in [2.75, 3.05) is 7.11 Å². The molecule has 1 aromatic heterocycles. The molecule has 28 heavy (non-hydrogen) atoms. The van der Waals surface area contributed by atoms with Crippen LogP contribution in [0.4, 0.5) is 0 Å². The minimum absolute atomic E-state index is 0.361. The predicted molar refractivity (Wildman–Crippen MR) is 107 cm³/mol. The maximum absolute atomic E-state index is 12.6. The minimum Gasteiger partial charge on any atom is -0.380 e. The lowest BCUT2D eigenvalue weighted by Gasteiger charge is -2.10. The monoisotopic (exact) mass is 377 g/mol. The number of benzene rings is 2. The molecule has 2 aromatic carbocycles. The molecular formula is C22H23N3O3. The van der Waals surface area contributed by atoms with Crippen molar-refractivity contribution in [3.05, 3.63) is 88.7 Å². The largest absolute Gasteiger partial charge is 0.380 e. The fourth-order valence-corrected chi connectivity index (χ4v) is 3.14. The lowest BCUT2D eigenvalue weighted by atomic mass is 10.1. The van der Waals surface area contributed by atoms with E-state index in [4.69, 9.17) is 4.74 Å². The van der Waals surface area contributed by atoms with Gasteiger partial charge in [0.1, 0.15) is 0 Å². The number of carbonyl (C=O) groups excluding carboxylic acids is 2. The van der Waals surface area contributed by atoms with Gasteiger partial charge in [-0.15, -0.1) is 0 Å². The number of nitrogens with zero attached hydrogens (tertiary/aromatic N) is 1. The van der Waals surface area contributed by atoms with Crippen LogP contribution in [0.3, 0.4) is 0 Å². The molecule has 0 aliphatic heterocycles. The van der Waals surface area contributed by atoms with E-state index in [1.807, 2.05) is 66.9 Å². The Labute approximate surface area is 164 Å². The molecule has 3 rings (SSSR count). The molecule has 0 spiro atoms. The SMILES string of the molecule is COCc1ccc(C(=O)NNC(=O)c2cc(C)n(-c3ccccc3)c2C)cc1. The third-order valence-electron chi connectivity index (χ3n) is 4.51. The molecule has 2 N–H and O–H groups in total. The number of methoxy groups -OCH3 is 1. The van der Waals surface area contributed by atoms with Crippen LogP contribution in [0.2, 0.25) is 0 Å². The number of hydrogen-bond donors (Lipinski definition) is 2. The van der Waals surface area contributed by atoms with E-state index < -0.39 is 0 Å². The van der Waals surface area contributed by atoms with E-state index in [2.05, 4.69) is 10.9 Å². The summed E-state index contributed by atoms with van der Waals surface area (Å²) in [5.74, 6) is -0.742. The van der Waals surface area contributed by atoms with Gasteiger partial charge in [0.2, 0.25) is 0 Å². The van der Waals surface area contributed by atoms with E-state index in [-0.39, 0.29) is 11.8 Å². The van der Waals surface area contributed by atoms with Crippen LogP contribution >= 0.6 is 0 Å². The maximum Gasteiger partial charge on any atom is 0.271 e. The van der Waals surface area contributed by atoms with Crippen LogP contribution in [-0.4, -0.2) is 23.5 Å². The Morgan fingerprint density at radius 2 is 1.57 bits per heavy atom. The smallest absolute Gasteiger partial charge is 0.271 e. The van der Waals surface area contributed by atoms with Crippen LogP contribution in [0.5, 0.6) is 0 Å². The molecule has 0 aliphatic rings. The molecule has 0 saturated heterocycles. The van der Waals surface area contributed by atoms with Crippen molar-refractivity contribution in [3.63, 3.8) is 0 Å². The second-order valence-corrected chi connectivity index (χ2v) is 6.49. The number of amides is 2. The first-order valence-corrected chi connectivity index (χ1v) is 8.94.